The minimum absolute atomic E-state index is 0.0662. The molecule has 0 aliphatic rings. The van der Waals surface area contributed by atoms with Crippen molar-refractivity contribution in [2.75, 3.05) is 12.4 Å². The van der Waals surface area contributed by atoms with Crippen molar-refractivity contribution in [3.8, 4) is 5.75 Å². The molecule has 0 aliphatic heterocycles. The maximum atomic E-state index is 11.9. The van der Waals surface area contributed by atoms with E-state index < -0.39 is 0 Å². The minimum Gasteiger partial charge on any atom is -0.494 e. The molecule has 0 aromatic heterocycles. The lowest BCUT2D eigenvalue weighted by molar-refractivity contribution is -0.118. The third-order valence-electron chi connectivity index (χ3n) is 3.31. The number of carbonyl (C=O) groups excluding carboxylic acids is 1. The normalized spacial score (nSPS) is 10.3. The van der Waals surface area contributed by atoms with Crippen LogP contribution in [0.4, 0.5) is 0 Å². The highest BCUT2D eigenvalue weighted by atomic mass is 32.2. The first-order valence-electron chi connectivity index (χ1n) is 7.79. The molecule has 0 atom stereocenters. The zero-order chi connectivity index (χ0) is 16.5. The molecule has 0 fully saturated rings. The van der Waals surface area contributed by atoms with Gasteiger partial charge in [-0.25, -0.2) is 0 Å². The Labute approximate surface area is 142 Å². The summed E-state index contributed by atoms with van der Waals surface area (Å²) in [7, 11) is 0. The number of thioether (sulfide) groups is 1. The molecule has 122 valence electrons. The third kappa shape index (κ3) is 6.37. The summed E-state index contributed by atoms with van der Waals surface area (Å²) in [5.74, 6) is 2.26. The van der Waals surface area contributed by atoms with Gasteiger partial charge in [-0.1, -0.05) is 42.0 Å². The summed E-state index contributed by atoms with van der Waals surface area (Å²) in [5, 5.41) is 2.95. The van der Waals surface area contributed by atoms with E-state index in [1.165, 1.54) is 11.1 Å². The van der Waals surface area contributed by atoms with Crippen LogP contribution in [-0.2, 0) is 17.1 Å². The van der Waals surface area contributed by atoms with Gasteiger partial charge in [0.15, 0.2) is 0 Å². The summed E-state index contributed by atoms with van der Waals surface area (Å²) < 4.78 is 5.40. The van der Waals surface area contributed by atoms with Crippen LogP contribution < -0.4 is 10.1 Å². The Morgan fingerprint density at radius 1 is 1.13 bits per heavy atom. The molecule has 0 saturated heterocycles. The summed E-state index contributed by atoms with van der Waals surface area (Å²) in [5.41, 5.74) is 3.59. The zero-order valence-electron chi connectivity index (χ0n) is 13.7. The van der Waals surface area contributed by atoms with Crippen molar-refractivity contribution >= 4 is 17.7 Å². The van der Waals surface area contributed by atoms with E-state index in [2.05, 4.69) is 36.5 Å². The number of aryl methyl sites for hydroxylation is 1. The number of ether oxygens (including phenoxy) is 1. The molecule has 0 aliphatic carbocycles. The first kappa shape index (κ1) is 17.4. The Morgan fingerprint density at radius 2 is 1.91 bits per heavy atom. The topological polar surface area (TPSA) is 38.3 Å². The highest BCUT2D eigenvalue weighted by Gasteiger charge is 2.03. The predicted octanol–water partition coefficient (Wildman–Crippen LogP) is 3.94. The smallest absolute Gasteiger partial charge is 0.230 e. The number of rotatable bonds is 8. The molecule has 2 aromatic rings. The summed E-state index contributed by atoms with van der Waals surface area (Å²) in [4.78, 5) is 11.9. The van der Waals surface area contributed by atoms with Crippen LogP contribution in [0, 0.1) is 6.92 Å². The van der Waals surface area contributed by atoms with Gasteiger partial charge in [0.1, 0.15) is 5.75 Å². The molecule has 0 radical (unpaired) electrons. The number of hydrogen-bond acceptors (Lipinski definition) is 3. The van der Waals surface area contributed by atoms with E-state index in [1.54, 1.807) is 11.8 Å². The van der Waals surface area contributed by atoms with E-state index in [4.69, 9.17) is 4.74 Å². The first-order valence-corrected chi connectivity index (χ1v) is 8.94. The van der Waals surface area contributed by atoms with Crippen LogP contribution in [0.3, 0.4) is 0 Å². The van der Waals surface area contributed by atoms with E-state index in [9.17, 15) is 4.79 Å². The summed E-state index contributed by atoms with van der Waals surface area (Å²) in [6.07, 6.45) is 0. The lowest BCUT2D eigenvalue weighted by Crippen LogP contribution is -2.24. The van der Waals surface area contributed by atoms with Crippen molar-refractivity contribution in [1.82, 2.24) is 5.32 Å². The fourth-order valence-electron chi connectivity index (χ4n) is 2.19. The second-order valence-electron chi connectivity index (χ2n) is 5.34. The number of nitrogens with one attached hydrogen (secondary N) is 1. The molecule has 0 bridgehead atoms. The van der Waals surface area contributed by atoms with Gasteiger partial charge in [0.25, 0.3) is 0 Å². The molecule has 2 aromatic carbocycles. The summed E-state index contributed by atoms with van der Waals surface area (Å²) in [6, 6.07) is 16.2. The second kappa shape index (κ2) is 9.26. The van der Waals surface area contributed by atoms with Gasteiger partial charge in [-0.15, -0.1) is 11.8 Å². The summed E-state index contributed by atoms with van der Waals surface area (Å²) >= 11 is 1.64. The van der Waals surface area contributed by atoms with Crippen LogP contribution in [0.5, 0.6) is 5.75 Å². The molecule has 0 heterocycles. The van der Waals surface area contributed by atoms with Gasteiger partial charge in [0.05, 0.1) is 12.4 Å². The highest BCUT2D eigenvalue weighted by molar-refractivity contribution is 7.99. The van der Waals surface area contributed by atoms with Gasteiger partial charge >= 0.3 is 0 Å². The molecule has 1 N–H and O–H groups in total. The van der Waals surface area contributed by atoms with E-state index in [0.29, 0.717) is 18.9 Å². The molecule has 0 unspecified atom stereocenters. The number of hydrogen-bond donors (Lipinski definition) is 1. The van der Waals surface area contributed by atoms with Crippen molar-refractivity contribution in [1.29, 1.82) is 0 Å². The Kier molecular flexibility index (Phi) is 7.01. The van der Waals surface area contributed by atoms with E-state index in [1.807, 2.05) is 31.2 Å². The molecule has 0 spiro atoms. The molecule has 3 nitrogen and oxygen atoms in total. The van der Waals surface area contributed by atoms with Crippen LogP contribution in [-0.4, -0.2) is 18.3 Å². The van der Waals surface area contributed by atoms with Crippen LogP contribution in [0.15, 0.2) is 48.5 Å². The Morgan fingerprint density at radius 3 is 2.61 bits per heavy atom. The fraction of sp³-hybridized carbons (Fsp3) is 0.316. The van der Waals surface area contributed by atoms with Gasteiger partial charge in [0.2, 0.25) is 5.91 Å². The van der Waals surface area contributed by atoms with Crippen molar-refractivity contribution in [2.24, 2.45) is 0 Å². The molecule has 1 amide bonds. The first-order chi connectivity index (χ1) is 11.2. The van der Waals surface area contributed by atoms with Crippen molar-refractivity contribution in [3.05, 3.63) is 65.2 Å². The Bertz CT molecular complexity index is 626. The summed E-state index contributed by atoms with van der Waals surface area (Å²) in [6.45, 7) is 5.25. The molecule has 4 heteroatoms. The largest absolute Gasteiger partial charge is 0.494 e. The number of amides is 1. The zero-order valence-corrected chi connectivity index (χ0v) is 14.5. The fourth-order valence-corrected chi connectivity index (χ4v) is 2.99. The van der Waals surface area contributed by atoms with Gasteiger partial charge in [0, 0.05) is 12.3 Å². The maximum Gasteiger partial charge on any atom is 0.230 e. The van der Waals surface area contributed by atoms with Crippen molar-refractivity contribution < 1.29 is 9.53 Å². The second-order valence-corrected chi connectivity index (χ2v) is 6.32. The van der Waals surface area contributed by atoms with E-state index >= 15 is 0 Å². The number of benzene rings is 2. The van der Waals surface area contributed by atoms with Gasteiger partial charge in [-0.3, -0.25) is 4.79 Å². The molecular weight excluding hydrogens is 306 g/mol. The van der Waals surface area contributed by atoms with Crippen LogP contribution in [0.25, 0.3) is 0 Å². The standard InChI is InChI=1S/C19H23NO2S/c1-3-22-18-9-7-16(8-10-18)12-20-19(21)14-23-13-17-6-4-5-15(2)11-17/h4-11H,3,12-14H2,1-2H3,(H,20,21). The Balaban J connectivity index is 1.68. The lowest BCUT2D eigenvalue weighted by Gasteiger charge is -2.07. The Hall–Kier alpha value is -1.94. The minimum atomic E-state index is 0.0662. The van der Waals surface area contributed by atoms with E-state index in [-0.39, 0.29) is 5.91 Å². The molecule has 0 saturated carbocycles. The van der Waals surface area contributed by atoms with Crippen LogP contribution in [0.2, 0.25) is 0 Å². The molecule has 23 heavy (non-hydrogen) atoms. The van der Waals surface area contributed by atoms with Gasteiger partial charge < -0.3 is 10.1 Å². The molecular formula is C19H23NO2S. The monoisotopic (exact) mass is 329 g/mol. The SMILES string of the molecule is CCOc1ccc(CNC(=O)CSCc2cccc(C)c2)cc1. The quantitative estimate of drug-likeness (QED) is 0.797. The predicted molar refractivity (Wildman–Crippen MR) is 96.8 cm³/mol. The lowest BCUT2D eigenvalue weighted by atomic mass is 10.2. The van der Waals surface area contributed by atoms with Crippen molar-refractivity contribution in [2.45, 2.75) is 26.1 Å². The van der Waals surface area contributed by atoms with Crippen molar-refractivity contribution in [3.63, 3.8) is 0 Å². The highest BCUT2D eigenvalue weighted by Crippen LogP contribution is 2.14. The molecule has 2 rings (SSSR count). The van der Waals surface area contributed by atoms with Crippen LogP contribution >= 0.6 is 11.8 Å². The average Bonchev–Trinajstić information content (AvgIpc) is 2.55. The third-order valence-corrected chi connectivity index (χ3v) is 4.31. The van der Waals surface area contributed by atoms with Gasteiger partial charge in [-0.05, 0) is 37.1 Å². The van der Waals surface area contributed by atoms with Crippen LogP contribution in [0.1, 0.15) is 23.6 Å². The van der Waals surface area contributed by atoms with Gasteiger partial charge in [-0.2, -0.15) is 0 Å². The average molecular weight is 329 g/mol. The maximum absolute atomic E-state index is 11.9. The number of carbonyl (C=O) groups is 1. The van der Waals surface area contributed by atoms with E-state index in [0.717, 1.165) is 17.1 Å².